The predicted octanol–water partition coefficient (Wildman–Crippen LogP) is 4.16. The number of amidine groups is 1. The van der Waals surface area contributed by atoms with Gasteiger partial charge in [-0.2, -0.15) is 18.2 Å². The van der Waals surface area contributed by atoms with Crippen molar-refractivity contribution in [3.63, 3.8) is 0 Å². The number of carbonyl (C=O) groups excluding carboxylic acids is 1. The summed E-state index contributed by atoms with van der Waals surface area (Å²) in [6.07, 6.45) is -4.05. The summed E-state index contributed by atoms with van der Waals surface area (Å²) in [4.78, 5) is 31.5. The van der Waals surface area contributed by atoms with E-state index in [1.807, 2.05) is 19.0 Å². The summed E-state index contributed by atoms with van der Waals surface area (Å²) >= 11 is 0. The number of carbonyl (C=O) groups is 1. The topological polar surface area (TPSA) is 140 Å². The number of anilines is 3. The second-order valence-electron chi connectivity index (χ2n) is 11.3. The molecule has 4 rings (SSSR count). The van der Waals surface area contributed by atoms with E-state index in [9.17, 15) is 22.4 Å². The summed E-state index contributed by atoms with van der Waals surface area (Å²) in [6, 6.07) is 8.17. The van der Waals surface area contributed by atoms with Gasteiger partial charge >= 0.3 is 6.18 Å². The molecular weight excluding hydrogens is 604 g/mol. The molecule has 246 valence electrons. The third-order valence-corrected chi connectivity index (χ3v) is 7.38. The van der Waals surface area contributed by atoms with Crippen molar-refractivity contribution in [2.75, 3.05) is 62.9 Å². The second-order valence-corrected chi connectivity index (χ2v) is 11.3. The molecule has 11 nitrogen and oxygen atoms in total. The first-order valence-electron chi connectivity index (χ1n) is 14.4. The maximum absolute atomic E-state index is 13.9. The zero-order valence-electron chi connectivity index (χ0n) is 26.1. The van der Waals surface area contributed by atoms with Gasteiger partial charge in [-0.05, 0) is 63.3 Å². The van der Waals surface area contributed by atoms with Crippen molar-refractivity contribution in [1.29, 1.82) is 0 Å². The van der Waals surface area contributed by atoms with Gasteiger partial charge in [0.25, 0.3) is 5.91 Å². The Morgan fingerprint density at radius 1 is 1.15 bits per heavy atom. The summed E-state index contributed by atoms with van der Waals surface area (Å²) in [7, 11) is 5.43. The Balaban J connectivity index is 1.63. The van der Waals surface area contributed by atoms with Gasteiger partial charge in [-0.15, -0.1) is 0 Å². The number of aliphatic imine (C=N–C) groups is 3. The maximum Gasteiger partial charge on any atom is 0.416 e. The van der Waals surface area contributed by atoms with Crippen LogP contribution < -0.4 is 27.0 Å². The molecule has 6 N–H and O–H groups in total. The summed E-state index contributed by atoms with van der Waals surface area (Å²) in [6.45, 7) is 6.99. The van der Waals surface area contributed by atoms with Gasteiger partial charge in [0.15, 0.2) is 5.84 Å². The number of nitrogens with one attached hydrogen (secondary N) is 2. The SMILES string of the molecule is C=C/N=C1/C(N)=NC(N2CC[C@H](F)C2)=N/C1=C(/N)Nc1cc(C(=O)Nc2cc(N(C)CCN(C)C)cc(C(F)(F)F)c2)ccc1C. The molecule has 0 radical (unpaired) electrons. The maximum atomic E-state index is 13.9. The van der Waals surface area contributed by atoms with Crippen LogP contribution in [0.1, 0.15) is 27.9 Å². The van der Waals surface area contributed by atoms with E-state index in [0.717, 1.165) is 12.1 Å². The molecule has 2 aliphatic heterocycles. The van der Waals surface area contributed by atoms with E-state index in [1.54, 1.807) is 35.9 Å². The van der Waals surface area contributed by atoms with Crippen LogP contribution in [0, 0.1) is 6.92 Å². The molecule has 0 unspecified atom stereocenters. The molecule has 0 aromatic heterocycles. The van der Waals surface area contributed by atoms with Gasteiger partial charge < -0.3 is 36.8 Å². The second kappa shape index (κ2) is 14.0. The van der Waals surface area contributed by atoms with Crippen molar-refractivity contribution in [3.05, 3.63) is 77.4 Å². The lowest BCUT2D eigenvalue weighted by atomic mass is 10.1. The number of halogens is 4. The van der Waals surface area contributed by atoms with E-state index >= 15 is 0 Å². The fourth-order valence-electron chi connectivity index (χ4n) is 4.76. The van der Waals surface area contributed by atoms with E-state index in [1.165, 1.54) is 18.3 Å². The first-order valence-corrected chi connectivity index (χ1v) is 14.4. The highest BCUT2D eigenvalue weighted by Gasteiger charge is 2.32. The van der Waals surface area contributed by atoms with Crippen LogP contribution in [-0.2, 0) is 6.18 Å². The van der Waals surface area contributed by atoms with Crippen molar-refractivity contribution in [2.24, 2.45) is 26.4 Å². The van der Waals surface area contributed by atoms with E-state index in [-0.39, 0.29) is 46.8 Å². The largest absolute Gasteiger partial charge is 0.416 e. The fourth-order valence-corrected chi connectivity index (χ4v) is 4.76. The number of aryl methyl sites for hydroxylation is 1. The predicted molar refractivity (Wildman–Crippen MR) is 175 cm³/mol. The van der Waals surface area contributed by atoms with Crippen molar-refractivity contribution in [2.45, 2.75) is 25.7 Å². The van der Waals surface area contributed by atoms with Crippen LogP contribution in [0.5, 0.6) is 0 Å². The molecule has 0 saturated carbocycles. The highest BCUT2D eigenvalue weighted by atomic mass is 19.4. The highest BCUT2D eigenvalue weighted by Crippen LogP contribution is 2.34. The molecule has 2 aliphatic rings. The van der Waals surface area contributed by atoms with Gasteiger partial charge in [-0.1, -0.05) is 12.6 Å². The van der Waals surface area contributed by atoms with E-state index in [0.29, 0.717) is 43.0 Å². The molecule has 2 heterocycles. The highest BCUT2D eigenvalue weighted by molar-refractivity contribution is 6.49. The third kappa shape index (κ3) is 8.21. The summed E-state index contributed by atoms with van der Waals surface area (Å²) in [5.41, 5.74) is 13.6. The molecule has 1 saturated heterocycles. The molecule has 2 aromatic rings. The first-order chi connectivity index (χ1) is 21.7. The summed E-state index contributed by atoms with van der Waals surface area (Å²) in [5, 5.41) is 5.63. The molecule has 2 aromatic carbocycles. The van der Waals surface area contributed by atoms with E-state index in [4.69, 9.17) is 11.5 Å². The van der Waals surface area contributed by atoms with E-state index < -0.39 is 23.8 Å². The Morgan fingerprint density at radius 2 is 1.89 bits per heavy atom. The lowest BCUT2D eigenvalue weighted by Crippen LogP contribution is -2.38. The number of rotatable bonds is 9. The Morgan fingerprint density at radius 3 is 2.52 bits per heavy atom. The van der Waals surface area contributed by atoms with Gasteiger partial charge in [0.2, 0.25) is 5.96 Å². The van der Waals surface area contributed by atoms with Crippen LogP contribution in [0.3, 0.4) is 0 Å². The number of alkyl halides is 4. The molecule has 0 bridgehead atoms. The zero-order valence-corrected chi connectivity index (χ0v) is 26.1. The number of hydrogen-bond acceptors (Lipinski definition) is 10. The van der Waals surface area contributed by atoms with Crippen LogP contribution in [0.4, 0.5) is 34.6 Å². The number of likely N-dealkylation sites (tertiary alicyclic amines) is 1. The number of benzene rings is 2. The number of nitrogens with zero attached hydrogens (tertiary/aromatic N) is 6. The molecule has 0 aliphatic carbocycles. The minimum Gasteiger partial charge on any atom is -0.383 e. The summed E-state index contributed by atoms with van der Waals surface area (Å²) < 4.78 is 55.2. The Labute approximate surface area is 265 Å². The number of likely N-dealkylation sites (N-methyl/N-ethyl adjacent to an activating group) is 2. The molecule has 1 atom stereocenters. The van der Waals surface area contributed by atoms with E-state index in [2.05, 4.69) is 32.2 Å². The fraction of sp³-hybridized carbons (Fsp3) is 0.355. The molecule has 0 spiro atoms. The van der Waals surface area contributed by atoms with Crippen LogP contribution in [0.25, 0.3) is 0 Å². The first kappa shape index (κ1) is 34.0. The van der Waals surface area contributed by atoms with Crippen LogP contribution in [0.15, 0.2) is 75.7 Å². The lowest BCUT2D eigenvalue weighted by Gasteiger charge is -2.23. The Hall–Kier alpha value is -4.92. The molecule has 46 heavy (non-hydrogen) atoms. The number of guanidine groups is 1. The van der Waals surface area contributed by atoms with Gasteiger partial charge in [0.05, 0.1) is 12.1 Å². The number of amides is 1. The monoisotopic (exact) mass is 642 g/mol. The van der Waals surface area contributed by atoms with Gasteiger partial charge in [-0.25, -0.2) is 9.38 Å². The molecular formula is C31H38F4N10O. The molecule has 1 fully saturated rings. The van der Waals surface area contributed by atoms with Crippen molar-refractivity contribution >= 4 is 40.5 Å². The minimum absolute atomic E-state index is 0.00946. The Bertz CT molecular complexity index is 1610. The number of nitrogens with two attached hydrogens (primary N) is 2. The van der Waals surface area contributed by atoms with Crippen molar-refractivity contribution < 1.29 is 22.4 Å². The van der Waals surface area contributed by atoms with Crippen LogP contribution in [-0.4, -0.2) is 86.7 Å². The molecule has 15 heteroatoms. The smallest absolute Gasteiger partial charge is 0.383 e. The van der Waals surface area contributed by atoms with Crippen LogP contribution in [0.2, 0.25) is 0 Å². The normalized spacial score (nSPS) is 18.8. The van der Waals surface area contributed by atoms with Gasteiger partial charge in [0, 0.05) is 55.5 Å². The van der Waals surface area contributed by atoms with Crippen molar-refractivity contribution in [1.82, 2.24) is 9.80 Å². The molecule has 1 amide bonds. The lowest BCUT2D eigenvalue weighted by molar-refractivity contribution is -0.137. The van der Waals surface area contributed by atoms with Gasteiger partial charge in [-0.3, -0.25) is 9.79 Å². The Kier molecular flexibility index (Phi) is 10.4. The van der Waals surface area contributed by atoms with Gasteiger partial charge in [0.1, 0.15) is 23.4 Å². The third-order valence-electron chi connectivity index (χ3n) is 7.38. The number of hydrogen-bond donors (Lipinski definition) is 4. The van der Waals surface area contributed by atoms with Crippen LogP contribution >= 0.6 is 0 Å². The average Bonchev–Trinajstić information content (AvgIpc) is 3.43. The average molecular weight is 643 g/mol. The summed E-state index contributed by atoms with van der Waals surface area (Å²) in [5.74, 6) is -0.396. The quantitative estimate of drug-likeness (QED) is 0.301. The zero-order chi connectivity index (χ0) is 33.8. The standard InChI is InChI=1S/C31H38F4N10O/c1-6-38-25-26(41-30(42-27(25)36)45-10-9-21(32)17-45)28(37)40-24-13-19(8-7-18(24)2)29(46)39-22-14-20(31(33,34)35)15-23(16-22)44(5)12-11-43(3)4/h6-8,13-16,21,40H,1,9-12,17,37H2,2-5H3,(H,39,46)(H2,36,41,42)/b28-26-,38-25+/t21-/m0/s1. The van der Waals surface area contributed by atoms with Crippen molar-refractivity contribution in [3.8, 4) is 0 Å². The minimum atomic E-state index is -4.62.